The van der Waals surface area contributed by atoms with Gasteiger partial charge in [-0.25, -0.2) is 9.59 Å². The number of aliphatic carboxylic acids is 1. The molecule has 0 aromatic heterocycles. The van der Waals surface area contributed by atoms with Crippen LogP contribution < -0.4 is 0 Å². The van der Waals surface area contributed by atoms with Gasteiger partial charge in [-0.3, -0.25) is 9.80 Å². The van der Waals surface area contributed by atoms with Crippen LogP contribution in [-0.2, 0) is 33.3 Å². The lowest BCUT2D eigenvalue weighted by atomic mass is 9.82. The number of carbonyl (C=O) groups is 2. The van der Waals surface area contributed by atoms with Gasteiger partial charge < -0.3 is 33.9 Å². The first-order chi connectivity index (χ1) is 22.3. The van der Waals surface area contributed by atoms with Crippen LogP contribution in [0.15, 0.2) is 17.9 Å². The van der Waals surface area contributed by atoms with Crippen molar-refractivity contribution < 1.29 is 43.5 Å². The average Bonchev–Trinajstić information content (AvgIpc) is 2.99. The van der Waals surface area contributed by atoms with E-state index in [9.17, 15) is 19.8 Å². The number of carboxylic acids is 1. The van der Waals surface area contributed by atoms with Crippen LogP contribution in [0.5, 0.6) is 0 Å². The van der Waals surface area contributed by atoms with E-state index in [1.807, 2.05) is 53.7 Å². The van der Waals surface area contributed by atoms with E-state index in [-0.39, 0.29) is 35.9 Å². The molecule has 1 aliphatic heterocycles. The Kier molecular flexibility index (Phi) is 16.1. The van der Waals surface area contributed by atoms with Crippen molar-refractivity contribution in [1.82, 2.24) is 9.80 Å². The Morgan fingerprint density at radius 3 is 1.79 bits per heavy atom. The molecule has 11 heteroatoms. The Hall–Kier alpha value is -2.54. The molecule has 11 nitrogen and oxygen atoms in total. The van der Waals surface area contributed by atoms with Gasteiger partial charge in [0, 0.05) is 45.2 Å². The molecule has 0 unspecified atom stereocenters. The molecular weight excluding hydrogens is 604 g/mol. The van der Waals surface area contributed by atoms with Gasteiger partial charge in [0.25, 0.3) is 0 Å². The minimum Gasteiger partial charge on any atom is -0.511 e. The molecule has 1 saturated carbocycles. The third-order valence-electron chi connectivity index (χ3n) is 8.62. The van der Waals surface area contributed by atoms with Crippen LogP contribution >= 0.6 is 0 Å². The first-order valence-electron chi connectivity index (χ1n) is 17.1. The second-order valence-corrected chi connectivity index (χ2v) is 13.7. The second-order valence-electron chi connectivity index (χ2n) is 13.7. The van der Waals surface area contributed by atoms with Crippen molar-refractivity contribution >= 4 is 17.5 Å². The van der Waals surface area contributed by atoms with Gasteiger partial charge >= 0.3 is 11.9 Å². The molecule has 0 radical (unpaired) electrons. The summed E-state index contributed by atoms with van der Waals surface area (Å²) in [4.78, 5) is 28.7. The van der Waals surface area contributed by atoms with Crippen LogP contribution in [0.1, 0.15) is 68.7 Å². The Bertz CT molecular complexity index is 1140. The minimum absolute atomic E-state index is 0.0117. The van der Waals surface area contributed by atoms with Crippen LogP contribution in [-0.4, -0.2) is 129 Å². The molecular formula is C36H58N2O9. The van der Waals surface area contributed by atoms with Gasteiger partial charge in [-0.1, -0.05) is 17.7 Å². The molecule has 47 heavy (non-hydrogen) atoms. The molecule has 0 bridgehead atoms. The number of rotatable bonds is 18. The Morgan fingerprint density at radius 2 is 1.28 bits per heavy atom. The van der Waals surface area contributed by atoms with Gasteiger partial charge in [0.1, 0.15) is 23.5 Å². The molecule has 266 valence electrons. The summed E-state index contributed by atoms with van der Waals surface area (Å²) in [5.41, 5.74) is 2.96. The Balaban J connectivity index is 1.21. The second kappa shape index (κ2) is 19.5. The fourth-order valence-electron chi connectivity index (χ4n) is 6.37. The lowest BCUT2D eigenvalue weighted by Gasteiger charge is -2.34. The Morgan fingerprint density at radius 1 is 0.766 bits per heavy atom. The van der Waals surface area contributed by atoms with Crippen LogP contribution in [0.3, 0.4) is 0 Å². The minimum atomic E-state index is -1.09. The van der Waals surface area contributed by atoms with Gasteiger partial charge in [0.2, 0.25) is 0 Å². The van der Waals surface area contributed by atoms with E-state index >= 15 is 0 Å². The monoisotopic (exact) mass is 662 g/mol. The van der Waals surface area contributed by atoms with Gasteiger partial charge in [0.15, 0.2) is 0 Å². The zero-order chi connectivity index (χ0) is 34.4. The number of hydrogen-bond donors (Lipinski definition) is 2. The number of aliphatic hydroxyl groups excluding tert-OH is 1. The van der Waals surface area contributed by atoms with Crippen molar-refractivity contribution in [1.29, 1.82) is 0 Å². The largest absolute Gasteiger partial charge is 0.511 e. The highest BCUT2D eigenvalue weighted by Crippen LogP contribution is 2.36. The molecule has 3 rings (SSSR count). The van der Waals surface area contributed by atoms with Crippen molar-refractivity contribution in [3.63, 3.8) is 0 Å². The number of aryl methyl sites for hydroxylation is 3. The van der Waals surface area contributed by atoms with E-state index in [1.165, 1.54) is 0 Å². The molecule has 0 spiro atoms. The summed E-state index contributed by atoms with van der Waals surface area (Å²) >= 11 is 0. The molecule has 1 heterocycles. The third-order valence-corrected chi connectivity index (χ3v) is 8.62. The first kappa shape index (κ1) is 38.9. The predicted molar refractivity (Wildman–Crippen MR) is 181 cm³/mol. The molecule has 2 fully saturated rings. The lowest BCUT2D eigenvalue weighted by Crippen LogP contribution is -2.48. The standard InChI is InChI=1S/C36H58N2O9/c1-26-23-27(2)32(28(3)24-26)33(35(41)42)34(40)29-7-9-30(10-8-29)46-22-21-44-18-16-38-13-11-37(12-14-38)15-17-43-19-20-45-25-31(39)47-36(4,5)6/h23-24,29-30,40H,7-22,25H2,1-6H3,(H,41,42)/b34-33+. The summed E-state index contributed by atoms with van der Waals surface area (Å²) in [6, 6.07) is 3.92. The number of ether oxygens (including phenoxy) is 5. The number of benzene rings is 1. The molecule has 1 aliphatic carbocycles. The third kappa shape index (κ3) is 13.8. The van der Waals surface area contributed by atoms with Gasteiger partial charge in [-0.2, -0.15) is 0 Å². The molecule has 0 amide bonds. The van der Waals surface area contributed by atoms with Crippen molar-refractivity contribution in [2.45, 2.75) is 78.9 Å². The molecule has 1 aromatic carbocycles. The number of piperazine rings is 1. The highest BCUT2D eigenvalue weighted by molar-refractivity contribution is 6.17. The van der Waals surface area contributed by atoms with Crippen LogP contribution in [0.4, 0.5) is 0 Å². The molecule has 0 atom stereocenters. The maximum atomic E-state index is 12.2. The van der Waals surface area contributed by atoms with Crippen LogP contribution in [0, 0.1) is 26.7 Å². The lowest BCUT2D eigenvalue weighted by molar-refractivity contribution is -0.160. The van der Waals surface area contributed by atoms with Crippen molar-refractivity contribution in [3.05, 3.63) is 40.1 Å². The zero-order valence-electron chi connectivity index (χ0n) is 29.5. The van der Waals surface area contributed by atoms with E-state index in [0.717, 1.165) is 68.8 Å². The van der Waals surface area contributed by atoms with Crippen molar-refractivity contribution in [2.24, 2.45) is 5.92 Å². The maximum Gasteiger partial charge on any atom is 0.339 e. The summed E-state index contributed by atoms with van der Waals surface area (Å²) in [6.07, 6.45) is 3.05. The topological polar surface area (TPSA) is 127 Å². The smallest absolute Gasteiger partial charge is 0.339 e. The first-order valence-corrected chi connectivity index (χ1v) is 17.1. The fraction of sp³-hybridized carbons (Fsp3) is 0.722. The van der Waals surface area contributed by atoms with Crippen molar-refractivity contribution in [2.75, 3.05) is 85.5 Å². The maximum absolute atomic E-state index is 12.2. The number of aliphatic hydroxyl groups is 1. The van der Waals surface area contributed by atoms with E-state index in [0.29, 0.717) is 58.0 Å². The predicted octanol–water partition coefficient (Wildman–Crippen LogP) is 4.55. The molecule has 1 saturated heterocycles. The number of hydrogen-bond acceptors (Lipinski definition) is 10. The number of carbonyl (C=O) groups excluding carboxylic acids is 1. The SMILES string of the molecule is Cc1cc(C)c(/C(C(=O)O)=C(\O)C2CCC(OCCOCCN3CCN(CCOCCOCC(=O)OC(C)(C)C)CC3)CC2)c(C)c1. The van der Waals surface area contributed by atoms with Crippen molar-refractivity contribution in [3.8, 4) is 0 Å². The number of carboxylic acid groups (broad SMARTS) is 1. The summed E-state index contributed by atoms with van der Waals surface area (Å²) in [5, 5.41) is 21.1. The average molecular weight is 663 g/mol. The molecule has 1 aromatic rings. The van der Waals surface area contributed by atoms with Gasteiger partial charge in [0.05, 0.1) is 45.7 Å². The normalized spacial score (nSPS) is 20.2. The van der Waals surface area contributed by atoms with Gasteiger partial charge in [-0.05, 0) is 83.9 Å². The van der Waals surface area contributed by atoms with E-state index < -0.39 is 11.6 Å². The van der Waals surface area contributed by atoms with E-state index in [1.54, 1.807) is 0 Å². The number of allylic oxidation sites excluding steroid dienone is 1. The van der Waals surface area contributed by atoms with E-state index in [2.05, 4.69) is 9.80 Å². The zero-order valence-corrected chi connectivity index (χ0v) is 29.5. The van der Waals surface area contributed by atoms with Crippen LogP contribution in [0.2, 0.25) is 0 Å². The number of nitrogens with zero attached hydrogens (tertiary/aromatic N) is 2. The quantitative estimate of drug-likeness (QED) is 0.0995. The summed E-state index contributed by atoms with van der Waals surface area (Å²) in [6.45, 7) is 20.1. The molecule has 2 N–H and O–H groups in total. The van der Waals surface area contributed by atoms with Gasteiger partial charge in [-0.15, -0.1) is 0 Å². The fourth-order valence-corrected chi connectivity index (χ4v) is 6.37. The summed E-state index contributed by atoms with van der Waals surface area (Å²) < 4.78 is 28.1. The van der Waals surface area contributed by atoms with Crippen LogP contribution in [0.25, 0.3) is 5.57 Å². The molecule has 2 aliphatic rings. The number of esters is 1. The highest BCUT2D eigenvalue weighted by atomic mass is 16.6. The summed E-state index contributed by atoms with van der Waals surface area (Å²) in [5.74, 6) is -1.64. The highest BCUT2D eigenvalue weighted by Gasteiger charge is 2.30. The Labute approximate surface area is 281 Å². The van der Waals surface area contributed by atoms with E-state index in [4.69, 9.17) is 23.7 Å². The summed E-state index contributed by atoms with van der Waals surface area (Å²) in [7, 11) is 0.